The molecule has 1 unspecified atom stereocenters. The van der Waals surface area contributed by atoms with Gasteiger partial charge in [0.1, 0.15) is 16.7 Å². The van der Waals surface area contributed by atoms with Gasteiger partial charge in [-0.25, -0.2) is 0 Å². The predicted octanol–water partition coefficient (Wildman–Crippen LogP) is 5.52. The average molecular weight is 463 g/mol. The van der Waals surface area contributed by atoms with E-state index in [1.54, 1.807) is 32.4 Å². The molecule has 4 rings (SSSR count). The summed E-state index contributed by atoms with van der Waals surface area (Å²) in [6, 6.07) is 22.5. The number of anilines is 2. The number of hydrogen-bond donors (Lipinski definition) is 2. The maximum Gasteiger partial charge on any atom is 0.242 e. The van der Waals surface area contributed by atoms with Crippen LogP contribution in [0.4, 0.5) is 11.4 Å². The van der Waals surface area contributed by atoms with E-state index < -0.39 is 5.25 Å². The highest BCUT2D eigenvalue weighted by molar-refractivity contribution is 8.00. The highest BCUT2D eigenvalue weighted by Gasteiger charge is 2.29. The third-order valence-corrected chi connectivity index (χ3v) is 6.55. The first kappa shape index (κ1) is 22.7. The van der Waals surface area contributed by atoms with Crippen molar-refractivity contribution in [3.63, 3.8) is 0 Å². The van der Waals surface area contributed by atoms with Crippen molar-refractivity contribution in [3.05, 3.63) is 78.4 Å². The van der Waals surface area contributed by atoms with Crippen LogP contribution in [0.1, 0.15) is 23.7 Å². The van der Waals surface area contributed by atoms with Gasteiger partial charge in [-0.15, -0.1) is 11.8 Å². The number of carbonyl (C=O) groups excluding carboxylic acids is 2. The van der Waals surface area contributed by atoms with E-state index in [0.717, 1.165) is 29.0 Å². The minimum absolute atomic E-state index is 0.0747. The largest absolute Gasteiger partial charge is 0.497 e. The maximum atomic E-state index is 13.3. The highest BCUT2D eigenvalue weighted by atomic mass is 32.2. The van der Waals surface area contributed by atoms with Crippen LogP contribution in [0.5, 0.6) is 11.5 Å². The normalized spacial score (nSPS) is 13.6. The molecule has 1 atom stereocenters. The fourth-order valence-electron chi connectivity index (χ4n) is 3.33. The second-order valence-corrected chi connectivity index (χ2v) is 8.97. The van der Waals surface area contributed by atoms with E-state index in [2.05, 4.69) is 10.6 Å². The lowest BCUT2D eigenvalue weighted by Gasteiger charge is -2.18. The van der Waals surface area contributed by atoms with Gasteiger partial charge < -0.3 is 20.1 Å². The number of hydrogen-bond acceptors (Lipinski definition) is 5. The smallest absolute Gasteiger partial charge is 0.242 e. The molecule has 6 nitrogen and oxygen atoms in total. The summed E-state index contributed by atoms with van der Waals surface area (Å²) in [6.07, 6.45) is 1.93. The second kappa shape index (κ2) is 10.4. The Morgan fingerprint density at radius 2 is 1.48 bits per heavy atom. The van der Waals surface area contributed by atoms with Crippen LogP contribution in [0.15, 0.2) is 77.7 Å². The predicted molar refractivity (Wildman–Crippen MR) is 131 cm³/mol. The molecule has 2 N–H and O–H groups in total. The summed E-state index contributed by atoms with van der Waals surface area (Å²) in [5.74, 6) is 1.26. The van der Waals surface area contributed by atoms with Crippen LogP contribution < -0.4 is 20.1 Å². The van der Waals surface area contributed by atoms with Crippen molar-refractivity contribution in [2.75, 3.05) is 24.9 Å². The first-order valence-electron chi connectivity index (χ1n) is 10.7. The molecule has 3 aromatic rings. The SMILES string of the molecule is COc1cc(NC(=O)C(Sc2ccc(NC(=O)C3CC3)cc2)c2ccccc2)cc(OC)c1. The van der Waals surface area contributed by atoms with Crippen molar-refractivity contribution in [3.8, 4) is 11.5 Å². The van der Waals surface area contributed by atoms with Crippen LogP contribution >= 0.6 is 11.8 Å². The molecule has 0 aromatic heterocycles. The fraction of sp³-hybridized carbons (Fsp3) is 0.231. The lowest BCUT2D eigenvalue weighted by molar-refractivity contribution is -0.117. The molecule has 1 aliphatic rings. The minimum atomic E-state index is -0.477. The van der Waals surface area contributed by atoms with Gasteiger partial charge in [0.25, 0.3) is 0 Å². The summed E-state index contributed by atoms with van der Waals surface area (Å²) in [6.45, 7) is 0. The minimum Gasteiger partial charge on any atom is -0.497 e. The van der Waals surface area contributed by atoms with Gasteiger partial charge in [0.2, 0.25) is 11.8 Å². The quantitative estimate of drug-likeness (QED) is 0.409. The monoisotopic (exact) mass is 462 g/mol. The van der Waals surface area contributed by atoms with Crippen LogP contribution in [0.2, 0.25) is 0 Å². The van der Waals surface area contributed by atoms with Crippen LogP contribution in [0.3, 0.4) is 0 Å². The number of benzene rings is 3. The Hall–Kier alpha value is -3.45. The van der Waals surface area contributed by atoms with Gasteiger partial charge in [0, 0.05) is 40.4 Å². The van der Waals surface area contributed by atoms with Crippen molar-refractivity contribution in [2.45, 2.75) is 23.0 Å². The summed E-state index contributed by atoms with van der Waals surface area (Å²) in [5, 5.41) is 5.46. The number of nitrogens with one attached hydrogen (secondary N) is 2. The molecule has 33 heavy (non-hydrogen) atoms. The number of methoxy groups -OCH3 is 2. The number of carbonyl (C=O) groups is 2. The molecule has 0 saturated heterocycles. The molecule has 0 aliphatic heterocycles. The number of amides is 2. The third kappa shape index (κ3) is 6.08. The molecule has 0 heterocycles. The molecule has 2 amide bonds. The molecule has 0 radical (unpaired) electrons. The third-order valence-electron chi connectivity index (χ3n) is 5.28. The lowest BCUT2D eigenvalue weighted by atomic mass is 10.1. The van der Waals surface area contributed by atoms with Gasteiger partial charge in [-0.2, -0.15) is 0 Å². The van der Waals surface area contributed by atoms with Crippen molar-refractivity contribution in [1.29, 1.82) is 0 Å². The number of thioether (sulfide) groups is 1. The van der Waals surface area contributed by atoms with E-state index >= 15 is 0 Å². The molecule has 170 valence electrons. The summed E-state index contributed by atoms with van der Waals surface area (Å²) < 4.78 is 10.6. The van der Waals surface area contributed by atoms with Gasteiger partial charge in [-0.05, 0) is 42.7 Å². The van der Waals surface area contributed by atoms with Gasteiger partial charge in [-0.3, -0.25) is 9.59 Å². The molecular formula is C26H26N2O4S. The number of ether oxygens (including phenoxy) is 2. The van der Waals surface area contributed by atoms with Crippen molar-refractivity contribution in [1.82, 2.24) is 0 Å². The zero-order valence-corrected chi connectivity index (χ0v) is 19.4. The second-order valence-electron chi connectivity index (χ2n) is 7.79. The summed E-state index contributed by atoms with van der Waals surface area (Å²) in [4.78, 5) is 26.3. The summed E-state index contributed by atoms with van der Waals surface area (Å²) in [5.41, 5.74) is 2.25. The van der Waals surface area contributed by atoms with Gasteiger partial charge in [-0.1, -0.05) is 30.3 Å². The molecule has 3 aromatic carbocycles. The van der Waals surface area contributed by atoms with E-state index in [1.807, 2.05) is 54.6 Å². The first-order chi connectivity index (χ1) is 16.1. The van der Waals surface area contributed by atoms with Crippen molar-refractivity contribution >= 4 is 35.0 Å². The van der Waals surface area contributed by atoms with E-state index in [0.29, 0.717) is 17.2 Å². The zero-order valence-electron chi connectivity index (χ0n) is 18.5. The Morgan fingerprint density at radius 1 is 0.848 bits per heavy atom. The van der Waals surface area contributed by atoms with E-state index in [1.165, 1.54) is 11.8 Å². The Balaban J connectivity index is 1.52. The van der Waals surface area contributed by atoms with Gasteiger partial charge in [0.05, 0.1) is 14.2 Å². The molecule has 1 saturated carbocycles. The molecule has 0 bridgehead atoms. The van der Waals surface area contributed by atoms with E-state index in [-0.39, 0.29) is 17.7 Å². The maximum absolute atomic E-state index is 13.3. The van der Waals surface area contributed by atoms with Crippen molar-refractivity contribution < 1.29 is 19.1 Å². The van der Waals surface area contributed by atoms with Crippen LogP contribution in [-0.2, 0) is 9.59 Å². The zero-order chi connectivity index (χ0) is 23.2. The number of rotatable bonds is 9. The van der Waals surface area contributed by atoms with Gasteiger partial charge >= 0.3 is 0 Å². The Labute approximate surface area is 197 Å². The molecule has 1 aliphatic carbocycles. The Kier molecular flexibility index (Phi) is 7.19. The van der Waals surface area contributed by atoms with Crippen molar-refractivity contribution in [2.24, 2.45) is 5.92 Å². The van der Waals surface area contributed by atoms with E-state index in [9.17, 15) is 9.59 Å². The van der Waals surface area contributed by atoms with E-state index in [4.69, 9.17) is 9.47 Å². The van der Waals surface area contributed by atoms with Crippen LogP contribution in [0.25, 0.3) is 0 Å². The summed E-state index contributed by atoms with van der Waals surface area (Å²) >= 11 is 1.45. The van der Waals surface area contributed by atoms with Gasteiger partial charge in [0.15, 0.2) is 0 Å². The topological polar surface area (TPSA) is 76.7 Å². The summed E-state index contributed by atoms with van der Waals surface area (Å²) in [7, 11) is 3.14. The Bertz CT molecular complexity index is 1090. The average Bonchev–Trinajstić information content (AvgIpc) is 3.69. The fourth-order valence-corrected chi connectivity index (χ4v) is 4.36. The Morgan fingerprint density at radius 3 is 2.06 bits per heavy atom. The molecule has 7 heteroatoms. The van der Waals surface area contributed by atoms with Crippen LogP contribution in [0, 0.1) is 5.92 Å². The lowest BCUT2D eigenvalue weighted by Crippen LogP contribution is -2.19. The molecule has 1 fully saturated rings. The molecular weight excluding hydrogens is 436 g/mol. The molecule has 0 spiro atoms. The standard InChI is InChI=1S/C26H26N2O4S/c1-31-21-14-20(15-22(16-21)32-2)28-26(30)24(17-6-4-3-5-7-17)33-23-12-10-19(11-13-23)27-25(29)18-8-9-18/h3-7,10-16,18,24H,8-9H2,1-2H3,(H,27,29)(H,28,30). The highest BCUT2D eigenvalue weighted by Crippen LogP contribution is 2.37. The first-order valence-corrected chi connectivity index (χ1v) is 11.6. The van der Waals surface area contributed by atoms with Crippen LogP contribution in [-0.4, -0.2) is 26.0 Å².